The molecule has 1 atom stereocenters. The third kappa shape index (κ3) is 3.49. The lowest BCUT2D eigenvalue weighted by atomic mass is 9.97. The average molecular weight is 250 g/mol. The maximum Gasteiger partial charge on any atom is 0.220 e. The molecule has 0 aliphatic carbocycles. The van der Waals surface area contributed by atoms with Gasteiger partial charge in [-0.05, 0) is 25.8 Å². The summed E-state index contributed by atoms with van der Waals surface area (Å²) in [5.41, 5.74) is 2.03. The molecule has 18 heavy (non-hydrogen) atoms. The highest BCUT2D eigenvalue weighted by molar-refractivity contribution is 6.13. The largest absolute Gasteiger partial charge is 0.296 e. The van der Waals surface area contributed by atoms with Gasteiger partial charge < -0.3 is 0 Å². The van der Waals surface area contributed by atoms with Crippen LogP contribution in [0.15, 0.2) is 18.2 Å². The number of aryl methyl sites for hydroxylation is 2. The summed E-state index contributed by atoms with van der Waals surface area (Å²) in [5, 5.41) is 0. The summed E-state index contributed by atoms with van der Waals surface area (Å²) >= 11 is 0. The zero-order valence-corrected chi connectivity index (χ0v) is 11.1. The van der Waals surface area contributed by atoms with Crippen LogP contribution in [-0.4, -0.2) is 17.7 Å². The molecule has 1 rings (SSSR count). The SMILES string of the molecule is CCCCC(=O)C(F)C(=O)c1ccc(C)cc1C. The highest BCUT2D eigenvalue weighted by Crippen LogP contribution is 2.16. The summed E-state index contributed by atoms with van der Waals surface area (Å²) in [4.78, 5) is 23.4. The van der Waals surface area contributed by atoms with Gasteiger partial charge in [-0.2, -0.15) is 0 Å². The third-order valence-corrected chi connectivity index (χ3v) is 2.94. The van der Waals surface area contributed by atoms with Crippen molar-refractivity contribution in [2.24, 2.45) is 0 Å². The van der Waals surface area contributed by atoms with E-state index < -0.39 is 17.7 Å². The van der Waals surface area contributed by atoms with Gasteiger partial charge in [0.1, 0.15) is 0 Å². The Morgan fingerprint density at radius 3 is 2.50 bits per heavy atom. The quantitative estimate of drug-likeness (QED) is 0.571. The van der Waals surface area contributed by atoms with Crippen LogP contribution in [-0.2, 0) is 4.79 Å². The molecule has 0 fully saturated rings. The van der Waals surface area contributed by atoms with Crippen molar-refractivity contribution in [3.8, 4) is 0 Å². The second-order valence-corrected chi connectivity index (χ2v) is 4.62. The van der Waals surface area contributed by atoms with E-state index in [4.69, 9.17) is 0 Å². The molecule has 0 N–H and O–H groups in total. The van der Waals surface area contributed by atoms with Crippen LogP contribution in [0.3, 0.4) is 0 Å². The van der Waals surface area contributed by atoms with Crippen LogP contribution < -0.4 is 0 Å². The van der Waals surface area contributed by atoms with E-state index >= 15 is 0 Å². The van der Waals surface area contributed by atoms with E-state index in [0.29, 0.717) is 17.5 Å². The van der Waals surface area contributed by atoms with Gasteiger partial charge in [0.05, 0.1) is 0 Å². The van der Waals surface area contributed by atoms with Crippen molar-refractivity contribution in [1.82, 2.24) is 0 Å². The van der Waals surface area contributed by atoms with Crippen LogP contribution >= 0.6 is 0 Å². The predicted molar refractivity (Wildman–Crippen MR) is 69.7 cm³/mol. The van der Waals surface area contributed by atoms with Crippen molar-refractivity contribution in [3.63, 3.8) is 0 Å². The second kappa shape index (κ2) is 6.43. The van der Waals surface area contributed by atoms with Crippen LogP contribution in [0.4, 0.5) is 4.39 Å². The number of halogens is 1. The Labute approximate surface area is 107 Å². The Morgan fingerprint density at radius 2 is 1.94 bits per heavy atom. The molecule has 1 unspecified atom stereocenters. The average Bonchev–Trinajstić information content (AvgIpc) is 2.34. The topological polar surface area (TPSA) is 34.1 Å². The number of benzene rings is 1. The summed E-state index contributed by atoms with van der Waals surface area (Å²) in [6.07, 6.45) is -0.442. The Kier molecular flexibility index (Phi) is 5.20. The fraction of sp³-hybridized carbons (Fsp3) is 0.467. The zero-order chi connectivity index (χ0) is 13.7. The number of carbonyl (C=O) groups excluding carboxylic acids is 2. The van der Waals surface area contributed by atoms with Gasteiger partial charge >= 0.3 is 0 Å². The molecule has 0 heterocycles. The van der Waals surface area contributed by atoms with Crippen LogP contribution in [0.5, 0.6) is 0 Å². The van der Waals surface area contributed by atoms with E-state index in [1.165, 1.54) is 0 Å². The van der Waals surface area contributed by atoms with E-state index in [1.54, 1.807) is 19.1 Å². The minimum Gasteiger partial charge on any atom is -0.296 e. The molecule has 2 nitrogen and oxygen atoms in total. The first kappa shape index (κ1) is 14.6. The number of rotatable bonds is 6. The summed E-state index contributed by atoms with van der Waals surface area (Å²) < 4.78 is 13.8. The predicted octanol–water partition coefficient (Wildman–Crippen LogP) is 3.58. The second-order valence-electron chi connectivity index (χ2n) is 4.62. The van der Waals surface area contributed by atoms with Crippen LogP contribution in [0.25, 0.3) is 0 Å². The van der Waals surface area contributed by atoms with Gasteiger partial charge in [-0.1, -0.05) is 37.1 Å². The van der Waals surface area contributed by atoms with Crippen molar-refractivity contribution in [2.75, 3.05) is 0 Å². The smallest absolute Gasteiger partial charge is 0.220 e. The zero-order valence-electron chi connectivity index (χ0n) is 11.1. The standard InChI is InChI=1S/C15H19FO2/c1-4-5-6-13(17)14(16)15(18)12-8-7-10(2)9-11(12)3/h7-9,14H,4-6H2,1-3H3. The van der Waals surface area contributed by atoms with E-state index in [1.807, 2.05) is 19.9 Å². The minimum absolute atomic E-state index is 0.133. The van der Waals surface area contributed by atoms with Crippen LogP contribution in [0, 0.1) is 13.8 Å². The van der Waals surface area contributed by atoms with Crippen molar-refractivity contribution in [3.05, 3.63) is 34.9 Å². The van der Waals surface area contributed by atoms with Crippen molar-refractivity contribution < 1.29 is 14.0 Å². The first-order chi connectivity index (χ1) is 8.47. The van der Waals surface area contributed by atoms with Gasteiger partial charge in [0.15, 0.2) is 5.78 Å². The lowest BCUT2D eigenvalue weighted by Crippen LogP contribution is -2.26. The molecule has 3 heteroatoms. The van der Waals surface area contributed by atoms with Crippen LogP contribution in [0.2, 0.25) is 0 Å². The van der Waals surface area contributed by atoms with Gasteiger partial charge in [-0.25, -0.2) is 4.39 Å². The Balaban J connectivity index is 2.83. The Hall–Kier alpha value is -1.51. The molecule has 0 saturated carbocycles. The van der Waals surface area contributed by atoms with E-state index in [0.717, 1.165) is 12.0 Å². The number of alkyl halides is 1. The molecule has 0 aromatic heterocycles. The highest BCUT2D eigenvalue weighted by atomic mass is 19.1. The third-order valence-electron chi connectivity index (χ3n) is 2.94. The molecule has 1 aromatic rings. The highest BCUT2D eigenvalue weighted by Gasteiger charge is 2.27. The molecule has 0 amide bonds. The first-order valence-electron chi connectivity index (χ1n) is 6.25. The van der Waals surface area contributed by atoms with Gasteiger partial charge in [-0.3, -0.25) is 9.59 Å². The summed E-state index contributed by atoms with van der Waals surface area (Å²) in [7, 11) is 0. The lowest BCUT2D eigenvalue weighted by Gasteiger charge is -2.09. The minimum atomic E-state index is -2.02. The van der Waals surface area contributed by atoms with Crippen molar-refractivity contribution in [2.45, 2.75) is 46.2 Å². The van der Waals surface area contributed by atoms with Gasteiger partial charge in [0.25, 0.3) is 0 Å². The molecule has 0 aliphatic heterocycles. The number of hydrogen-bond donors (Lipinski definition) is 0. The number of ketones is 2. The molecule has 0 spiro atoms. The van der Waals surface area contributed by atoms with Crippen molar-refractivity contribution in [1.29, 1.82) is 0 Å². The van der Waals surface area contributed by atoms with Crippen molar-refractivity contribution >= 4 is 11.6 Å². The molecule has 0 aliphatic rings. The summed E-state index contributed by atoms with van der Waals surface area (Å²) in [6, 6.07) is 5.16. The fourth-order valence-electron chi connectivity index (χ4n) is 1.85. The first-order valence-corrected chi connectivity index (χ1v) is 6.25. The van der Waals surface area contributed by atoms with E-state index in [9.17, 15) is 14.0 Å². The van der Waals surface area contributed by atoms with Gasteiger partial charge in [0.2, 0.25) is 12.0 Å². The monoisotopic (exact) mass is 250 g/mol. The molecular formula is C15H19FO2. The molecule has 0 saturated heterocycles. The van der Waals surface area contributed by atoms with Gasteiger partial charge in [0, 0.05) is 12.0 Å². The number of carbonyl (C=O) groups is 2. The molecule has 0 radical (unpaired) electrons. The molecule has 0 bridgehead atoms. The number of Topliss-reactive ketones (excluding diaryl/α,β-unsaturated/α-hetero) is 2. The Morgan fingerprint density at radius 1 is 1.28 bits per heavy atom. The maximum atomic E-state index is 13.8. The number of hydrogen-bond acceptors (Lipinski definition) is 2. The Bertz CT molecular complexity index is 452. The van der Waals surface area contributed by atoms with Gasteiger partial charge in [-0.15, -0.1) is 0 Å². The molecule has 1 aromatic carbocycles. The normalized spacial score (nSPS) is 12.2. The lowest BCUT2D eigenvalue weighted by molar-refractivity contribution is -0.122. The summed E-state index contributed by atoms with van der Waals surface area (Å²) in [5.74, 6) is -1.32. The van der Waals surface area contributed by atoms with E-state index in [-0.39, 0.29) is 6.42 Å². The van der Waals surface area contributed by atoms with E-state index in [2.05, 4.69) is 0 Å². The van der Waals surface area contributed by atoms with Crippen LogP contribution in [0.1, 0.15) is 47.7 Å². The fourth-order valence-corrected chi connectivity index (χ4v) is 1.85. The number of unbranched alkanes of at least 4 members (excludes halogenated alkanes) is 1. The molecular weight excluding hydrogens is 231 g/mol. The molecule has 98 valence electrons. The maximum absolute atomic E-state index is 13.8. The summed E-state index contributed by atoms with van der Waals surface area (Å²) in [6.45, 7) is 5.58.